The highest BCUT2D eigenvalue weighted by Crippen LogP contribution is 2.19. The molecular formula is C10H10ClN3O. The third kappa shape index (κ3) is 2.00. The third-order valence-electron chi connectivity index (χ3n) is 2.04. The molecule has 1 atom stereocenters. The summed E-state index contributed by atoms with van der Waals surface area (Å²) >= 11 is 6.00. The summed E-state index contributed by atoms with van der Waals surface area (Å²) < 4.78 is 1.55. The summed E-state index contributed by atoms with van der Waals surface area (Å²) in [5.41, 5.74) is 1.27. The number of aliphatic hydroxyl groups is 1. The predicted octanol–water partition coefficient (Wildman–Crippen LogP) is 1.97. The fourth-order valence-corrected chi connectivity index (χ4v) is 1.45. The van der Waals surface area contributed by atoms with Gasteiger partial charge < -0.3 is 5.11 Å². The Labute approximate surface area is 92.1 Å². The van der Waals surface area contributed by atoms with Crippen molar-refractivity contribution >= 4 is 11.6 Å². The van der Waals surface area contributed by atoms with E-state index in [0.717, 1.165) is 5.69 Å². The number of benzene rings is 1. The molecular weight excluding hydrogens is 214 g/mol. The van der Waals surface area contributed by atoms with Crippen molar-refractivity contribution in [3.05, 3.63) is 41.2 Å². The van der Waals surface area contributed by atoms with Crippen LogP contribution in [0.2, 0.25) is 5.02 Å². The van der Waals surface area contributed by atoms with Gasteiger partial charge in [0.1, 0.15) is 5.69 Å². The van der Waals surface area contributed by atoms with Crippen molar-refractivity contribution < 1.29 is 5.11 Å². The molecule has 2 aromatic rings. The lowest BCUT2D eigenvalue weighted by atomic mass is 10.3. The van der Waals surface area contributed by atoms with Crippen LogP contribution in [-0.4, -0.2) is 20.1 Å². The molecule has 1 unspecified atom stereocenters. The van der Waals surface area contributed by atoms with Crippen molar-refractivity contribution in [1.29, 1.82) is 0 Å². The number of aliphatic hydroxyl groups excluding tert-OH is 1. The number of rotatable bonds is 2. The van der Waals surface area contributed by atoms with E-state index in [0.29, 0.717) is 10.7 Å². The van der Waals surface area contributed by atoms with Crippen LogP contribution in [0.1, 0.15) is 18.7 Å². The predicted molar refractivity (Wildman–Crippen MR) is 57.0 cm³/mol. The lowest BCUT2D eigenvalue weighted by Gasteiger charge is -2.01. The van der Waals surface area contributed by atoms with Crippen LogP contribution in [-0.2, 0) is 0 Å². The first-order valence-electron chi connectivity index (χ1n) is 4.53. The van der Waals surface area contributed by atoms with Crippen molar-refractivity contribution in [1.82, 2.24) is 15.0 Å². The average Bonchev–Trinajstić information content (AvgIpc) is 2.67. The van der Waals surface area contributed by atoms with Crippen molar-refractivity contribution in [2.75, 3.05) is 0 Å². The SMILES string of the molecule is CC(O)c1cn(-c2ccccc2Cl)nn1. The van der Waals surface area contributed by atoms with E-state index in [9.17, 15) is 5.11 Å². The molecule has 4 nitrogen and oxygen atoms in total. The van der Waals surface area contributed by atoms with E-state index < -0.39 is 6.10 Å². The van der Waals surface area contributed by atoms with Crippen LogP contribution in [0.3, 0.4) is 0 Å². The minimum absolute atomic E-state index is 0.523. The maximum atomic E-state index is 9.30. The van der Waals surface area contributed by atoms with Gasteiger partial charge in [-0.25, -0.2) is 4.68 Å². The molecule has 0 saturated heterocycles. The smallest absolute Gasteiger partial charge is 0.111 e. The minimum atomic E-state index is -0.624. The van der Waals surface area contributed by atoms with Gasteiger partial charge in [0, 0.05) is 0 Å². The topological polar surface area (TPSA) is 50.9 Å². The van der Waals surface area contributed by atoms with Crippen LogP contribution in [0, 0.1) is 0 Å². The Morgan fingerprint density at radius 3 is 2.73 bits per heavy atom. The molecule has 0 radical (unpaired) electrons. The van der Waals surface area contributed by atoms with E-state index in [-0.39, 0.29) is 0 Å². The van der Waals surface area contributed by atoms with Crippen LogP contribution < -0.4 is 0 Å². The van der Waals surface area contributed by atoms with Gasteiger partial charge in [-0.15, -0.1) is 5.10 Å². The Bertz CT molecular complexity index is 467. The Kier molecular flexibility index (Phi) is 2.70. The fourth-order valence-electron chi connectivity index (χ4n) is 1.22. The molecule has 1 aromatic heterocycles. The first kappa shape index (κ1) is 10.1. The van der Waals surface area contributed by atoms with Crippen molar-refractivity contribution in [3.8, 4) is 5.69 Å². The van der Waals surface area contributed by atoms with Gasteiger partial charge in [0.15, 0.2) is 0 Å². The second-order valence-corrected chi connectivity index (χ2v) is 3.62. The molecule has 0 bridgehead atoms. The largest absolute Gasteiger partial charge is 0.387 e. The Morgan fingerprint density at radius 2 is 2.13 bits per heavy atom. The number of aromatic nitrogens is 3. The van der Waals surface area contributed by atoms with Gasteiger partial charge in [-0.1, -0.05) is 28.9 Å². The summed E-state index contributed by atoms with van der Waals surface area (Å²) in [4.78, 5) is 0. The highest BCUT2D eigenvalue weighted by Gasteiger charge is 2.08. The minimum Gasteiger partial charge on any atom is -0.387 e. The van der Waals surface area contributed by atoms with Gasteiger partial charge >= 0.3 is 0 Å². The molecule has 2 rings (SSSR count). The molecule has 0 aliphatic carbocycles. The Morgan fingerprint density at radius 1 is 1.40 bits per heavy atom. The average molecular weight is 224 g/mol. The van der Waals surface area contributed by atoms with Gasteiger partial charge in [-0.2, -0.15) is 0 Å². The number of halogens is 1. The second kappa shape index (κ2) is 4.00. The van der Waals surface area contributed by atoms with E-state index in [1.54, 1.807) is 23.9 Å². The Hall–Kier alpha value is -1.39. The third-order valence-corrected chi connectivity index (χ3v) is 2.36. The second-order valence-electron chi connectivity index (χ2n) is 3.22. The van der Waals surface area contributed by atoms with Crippen molar-refractivity contribution in [3.63, 3.8) is 0 Å². The molecule has 1 aromatic carbocycles. The zero-order valence-corrected chi connectivity index (χ0v) is 8.89. The number of para-hydroxylation sites is 1. The molecule has 0 aliphatic heterocycles. The zero-order valence-electron chi connectivity index (χ0n) is 8.13. The molecule has 78 valence electrons. The number of hydrogen-bond donors (Lipinski definition) is 1. The van der Waals surface area contributed by atoms with E-state index in [2.05, 4.69) is 10.3 Å². The summed E-state index contributed by atoms with van der Waals surface area (Å²) in [6.45, 7) is 1.64. The van der Waals surface area contributed by atoms with Gasteiger partial charge in [-0.05, 0) is 19.1 Å². The van der Waals surface area contributed by atoms with E-state index >= 15 is 0 Å². The van der Waals surface area contributed by atoms with Crippen LogP contribution >= 0.6 is 11.6 Å². The van der Waals surface area contributed by atoms with Gasteiger partial charge in [0.2, 0.25) is 0 Å². The fraction of sp³-hybridized carbons (Fsp3) is 0.200. The summed E-state index contributed by atoms with van der Waals surface area (Å²) in [5, 5.41) is 17.6. The Balaban J connectivity index is 2.42. The van der Waals surface area contributed by atoms with E-state index in [1.807, 2.05) is 18.2 Å². The van der Waals surface area contributed by atoms with Crippen molar-refractivity contribution in [2.45, 2.75) is 13.0 Å². The quantitative estimate of drug-likeness (QED) is 0.847. The molecule has 0 spiro atoms. The molecule has 5 heteroatoms. The summed E-state index contributed by atoms with van der Waals surface area (Å²) in [7, 11) is 0. The summed E-state index contributed by atoms with van der Waals surface area (Å²) in [6, 6.07) is 7.33. The molecule has 1 heterocycles. The molecule has 0 aliphatic rings. The van der Waals surface area contributed by atoms with Crippen molar-refractivity contribution in [2.24, 2.45) is 0 Å². The maximum Gasteiger partial charge on any atom is 0.111 e. The van der Waals surface area contributed by atoms with E-state index in [4.69, 9.17) is 11.6 Å². The molecule has 0 fully saturated rings. The first-order valence-corrected chi connectivity index (χ1v) is 4.91. The molecule has 15 heavy (non-hydrogen) atoms. The maximum absolute atomic E-state index is 9.30. The molecule has 1 N–H and O–H groups in total. The molecule has 0 saturated carbocycles. The van der Waals surface area contributed by atoms with Crippen LogP contribution in [0.5, 0.6) is 0 Å². The summed E-state index contributed by atoms with van der Waals surface area (Å²) in [5.74, 6) is 0. The number of hydrogen-bond acceptors (Lipinski definition) is 3. The normalized spacial score (nSPS) is 12.7. The number of nitrogens with zero attached hydrogens (tertiary/aromatic N) is 3. The molecule has 0 amide bonds. The van der Waals surface area contributed by atoms with Gasteiger partial charge in [0.05, 0.1) is 23.0 Å². The first-order chi connectivity index (χ1) is 7.18. The monoisotopic (exact) mass is 223 g/mol. The standard InChI is InChI=1S/C10H10ClN3O/c1-7(15)9-6-14(13-12-9)10-5-3-2-4-8(10)11/h2-7,15H,1H3. The van der Waals surface area contributed by atoms with Gasteiger partial charge in [-0.3, -0.25) is 0 Å². The zero-order chi connectivity index (χ0) is 10.8. The lowest BCUT2D eigenvalue weighted by molar-refractivity contribution is 0.194. The van der Waals surface area contributed by atoms with Crippen LogP contribution in [0.4, 0.5) is 0 Å². The van der Waals surface area contributed by atoms with E-state index in [1.165, 1.54) is 0 Å². The van der Waals surface area contributed by atoms with Crippen LogP contribution in [0.15, 0.2) is 30.5 Å². The van der Waals surface area contributed by atoms with Crippen LogP contribution in [0.25, 0.3) is 5.69 Å². The lowest BCUT2D eigenvalue weighted by Crippen LogP contribution is -1.95. The highest BCUT2D eigenvalue weighted by atomic mass is 35.5. The highest BCUT2D eigenvalue weighted by molar-refractivity contribution is 6.32. The van der Waals surface area contributed by atoms with Gasteiger partial charge in [0.25, 0.3) is 0 Å². The summed E-state index contributed by atoms with van der Waals surface area (Å²) in [6.07, 6.45) is 1.03.